The van der Waals surface area contributed by atoms with Crippen molar-refractivity contribution in [2.75, 3.05) is 13.6 Å². The minimum absolute atomic E-state index is 0.0497. The molecular weight excluding hydrogens is 204 g/mol. The maximum atomic E-state index is 12.0. The van der Waals surface area contributed by atoms with Gasteiger partial charge < -0.3 is 15.7 Å². The van der Waals surface area contributed by atoms with E-state index in [9.17, 15) is 9.90 Å². The van der Waals surface area contributed by atoms with Crippen LogP contribution in [0.4, 0.5) is 0 Å². The first-order valence-electron chi connectivity index (χ1n) is 5.22. The Hall–Kier alpha value is -1.55. The van der Waals surface area contributed by atoms with E-state index >= 15 is 0 Å². The van der Waals surface area contributed by atoms with Gasteiger partial charge in [0.15, 0.2) is 0 Å². The van der Waals surface area contributed by atoms with Gasteiger partial charge >= 0.3 is 0 Å². The molecular formula is C12H18N2O2. The second kappa shape index (κ2) is 4.99. The van der Waals surface area contributed by atoms with Crippen LogP contribution in [0.25, 0.3) is 0 Å². The van der Waals surface area contributed by atoms with Crippen LogP contribution in [0.3, 0.4) is 0 Å². The molecule has 0 aliphatic rings. The smallest absolute Gasteiger partial charge is 0.253 e. The monoisotopic (exact) mass is 222 g/mol. The summed E-state index contributed by atoms with van der Waals surface area (Å²) < 4.78 is 0. The predicted octanol–water partition coefficient (Wildman–Crippen LogP) is 1.12. The largest absolute Gasteiger partial charge is 0.508 e. The fourth-order valence-electron chi connectivity index (χ4n) is 1.61. The molecule has 0 heterocycles. The highest BCUT2D eigenvalue weighted by molar-refractivity contribution is 5.95. The van der Waals surface area contributed by atoms with Crippen LogP contribution in [0.1, 0.15) is 22.8 Å². The summed E-state index contributed by atoms with van der Waals surface area (Å²) in [5, 5.41) is 9.26. The van der Waals surface area contributed by atoms with E-state index in [4.69, 9.17) is 5.73 Å². The highest BCUT2D eigenvalue weighted by atomic mass is 16.3. The number of carbonyl (C=O) groups is 1. The van der Waals surface area contributed by atoms with Crippen molar-refractivity contribution >= 4 is 5.91 Å². The van der Waals surface area contributed by atoms with Crippen molar-refractivity contribution in [1.82, 2.24) is 4.90 Å². The van der Waals surface area contributed by atoms with Gasteiger partial charge in [-0.3, -0.25) is 4.79 Å². The second-order valence-corrected chi connectivity index (χ2v) is 4.16. The zero-order valence-electron chi connectivity index (χ0n) is 9.90. The van der Waals surface area contributed by atoms with Crippen LogP contribution in [0, 0.1) is 6.92 Å². The van der Waals surface area contributed by atoms with E-state index in [-0.39, 0.29) is 17.7 Å². The van der Waals surface area contributed by atoms with Gasteiger partial charge in [-0.15, -0.1) is 0 Å². The Morgan fingerprint density at radius 3 is 2.69 bits per heavy atom. The lowest BCUT2D eigenvalue weighted by Crippen LogP contribution is -2.37. The summed E-state index contributed by atoms with van der Waals surface area (Å²) in [5.74, 6) is 0.0960. The van der Waals surface area contributed by atoms with Crippen molar-refractivity contribution in [1.29, 1.82) is 0 Å². The fraction of sp³-hybridized carbons (Fsp3) is 0.417. The summed E-state index contributed by atoms with van der Waals surface area (Å²) in [4.78, 5) is 13.6. The Morgan fingerprint density at radius 2 is 2.19 bits per heavy atom. The molecule has 0 saturated carbocycles. The first kappa shape index (κ1) is 12.5. The highest BCUT2D eigenvalue weighted by Crippen LogP contribution is 2.16. The molecule has 16 heavy (non-hydrogen) atoms. The number of rotatable bonds is 3. The number of hydrogen-bond acceptors (Lipinski definition) is 3. The molecule has 1 atom stereocenters. The van der Waals surface area contributed by atoms with Gasteiger partial charge in [0.1, 0.15) is 5.75 Å². The van der Waals surface area contributed by atoms with Gasteiger partial charge in [-0.25, -0.2) is 0 Å². The van der Waals surface area contributed by atoms with E-state index in [0.717, 1.165) is 5.56 Å². The molecule has 3 N–H and O–H groups in total. The molecule has 4 nitrogen and oxygen atoms in total. The van der Waals surface area contributed by atoms with Crippen molar-refractivity contribution < 1.29 is 9.90 Å². The molecule has 1 amide bonds. The van der Waals surface area contributed by atoms with Crippen LogP contribution in [0.15, 0.2) is 18.2 Å². The number of aryl methyl sites for hydroxylation is 1. The van der Waals surface area contributed by atoms with Crippen LogP contribution in [0.5, 0.6) is 5.75 Å². The van der Waals surface area contributed by atoms with Crippen molar-refractivity contribution in [3.63, 3.8) is 0 Å². The molecule has 1 aromatic rings. The number of benzene rings is 1. The molecule has 0 aromatic heterocycles. The summed E-state index contributed by atoms with van der Waals surface area (Å²) in [6.07, 6.45) is 0. The number of phenols is 1. The van der Waals surface area contributed by atoms with Crippen molar-refractivity contribution in [2.24, 2.45) is 5.73 Å². The summed E-state index contributed by atoms with van der Waals surface area (Å²) >= 11 is 0. The third kappa shape index (κ3) is 2.97. The maximum Gasteiger partial charge on any atom is 0.253 e. The SMILES string of the molecule is Cc1cc(O)ccc1C(=O)N(C)CC(C)N. The first-order chi connectivity index (χ1) is 7.41. The molecule has 1 aromatic carbocycles. The van der Waals surface area contributed by atoms with Crippen molar-refractivity contribution in [3.8, 4) is 5.75 Å². The summed E-state index contributed by atoms with van der Waals surface area (Å²) in [6.45, 7) is 4.17. The molecule has 1 unspecified atom stereocenters. The Morgan fingerprint density at radius 1 is 1.56 bits per heavy atom. The average Bonchev–Trinajstić information content (AvgIpc) is 2.15. The summed E-state index contributed by atoms with van der Waals surface area (Å²) in [7, 11) is 1.72. The topological polar surface area (TPSA) is 66.6 Å². The van der Waals surface area contributed by atoms with Gasteiger partial charge in [0.25, 0.3) is 5.91 Å². The van der Waals surface area contributed by atoms with E-state index in [1.807, 2.05) is 6.92 Å². The highest BCUT2D eigenvalue weighted by Gasteiger charge is 2.15. The third-order valence-corrected chi connectivity index (χ3v) is 2.35. The standard InChI is InChI=1S/C12H18N2O2/c1-8-6-10(15)4-5-11(8)12(16)14(3)7-9(2)13/h4-6,9,15H,7,13H2,1-3H3. The van der Waals surface area contributed by atoms with Gasteiger partial charge in [0.2, 0.25) is 0 Å². The predicted molar refractivity (Wildman–Crippen MR) is 63.5 cm³/mol. The van der Waals surface area contributed by atoms with E-state index < -0.39 is 0 Å². The second-order valence-electron chi connectivity index (χ2n) is 4.16. The van der Waals surface area contributed by atoms with E-state index in [0.29, 0.717) is 12.1 Å². The number of nitrogens with zero attached hydrogens (tertiary/aromatic N) is 1. The lowest BCUT2D eigenvalue weighted by atomic mass is 10.1. The van der Waals surface area contributed by atoms with Crippen LogP contribution >= 0.6 is 0 Å². The number of carbonyl (C=O) groups excluding carboxylic acids is 1. The summed E-state index contributed by atoms with van der Waals surface area (Å²) in [5.41, 5.74) is 7.00. The average molecular weight is 222 g/mol. The van der Waals surface area contributed by atoms with Crippen molar-refractivity contribution in [3.05, 3.63) is 29.3 Å². The number of nitrogens with two attached hydrogens (primary N) is 1. The van der Waals surface area contributed by atoms with Gasteiger partial charge in [0, 0.05) is 25.2 Å². The molecule has 0 radical (unpaired) electrons. The Balaban J connectivity index is 2.88. The quantitative estimate of drug-likeness (QED) is 0.805. The summed E-state index contributed by atoms with van der Waals surface area (Å²) in [6, 6.07) is 4.67. The molecule has 0 bridgehead atoms. The van der Waals surface area contributed by atoms with E-state index in [1.165, 1.54) is 6.07 Å². The van der Waals surface area contributed by atoms with Crippen LogP contribution < -0.4 is 5.73 Å². The number of amides is 1. The molecule has 0 saturated heterocycles. The minimum atomic E-state index is -0.0743. The number of hydrogen-bond donors (Lipinski definition) is 2. The first-order valence-corrected chi connectivity index (χ1v) is 5.22. The molecule has 0 fully saturated rings. The molecule has 0 aliphatic heterocycles. The lowest BCUT2D eigenvalue weighted by Gasteiger charge is -2.20. The van der Waals surface area contributed by atoms with Crippen molar-refractivity contribution in [2.45, 2.75) is 19.9 Å². The van der Waals surface area contributed by atoms with E-state index in [2.05, 4.69) is 0 Å². The van der Waals surface area contributed by atoms with Gasteiger partial charge in [0.05, 0.1) is 0 Å². The number of aromatic hydroxyl groups is 1. The molecule has 1 rings (SSSR count). The van der Waals surface area contributed by atoms with Gasteiger partial charge in [-0.1, -0.05) is 0 Å². The lowest BCUT2D eigenvalue weighted by molar-refractivity contribution is 0.0788. The molecule has 0 aliphatic carbocycles. The Labute approximate surface area is 95.7 Å². The Bertz CT molecular complexity index is 389. The molecule has 0 spiro atoms. The number of phenolic OH excluding ortho intramolecular Hbond substituents is 1. The minimum Gasteiger partial charge on any atom is -0.508 e. The normalized spacial score (nSPS) is 12.2. The van der Waals surface area contributed by atoms with Crippen LogP contribution in [-0.4, -0.2) is 35.5 Å². The maximum absolute atomic E-state index is 12.0. The zero-order chi connectivity index (χ0) is 12.3. The molecule has 4 heteroatoms. The van der Waals surface area contributed by atoms with Gasteiger partial charge in [-0.05, 0) is 37.6 Å². The Kier molecular flexibility index (Phi) is 3.90. The fourth-order valence-corrected chi connectivity index (χ4v) is 1.61. The molecule has 88 valence electrons. The number of likely N-dealkylation sites (N-methyl/N-ethyl adjacent to an activating group) is 1. The third-order valence-electron chi connectivity index (χ3n) is 2.35. The zero-order valence-corrected chi connectivity index (χ0v) is 9.90. The van der Waals surface area contributed by atoms with E-state index in [1.54, 1.807) is 31.0 Å². The van der Waals surface area contributed by atoms with Crippen LogP contribution in [0.2, 0.25) is 0 Å². The van der Waals surface area contributed by atoms with Gasteiger partial charge in [-0.2, -0.15) is 0 Å². The van der Waals surface area contributed by atoms with Crippen LogP contribution in [-0.2, 0) is 0 Å².